The van der Waals surface area contributed by atoms with Crippen molar-refractivity contribution in [2.45, 2.75) is 32.7 Å². The summed E-state index contributed by atoms with van der Waals surface area (Å²) in [4.78, 5) is 26.0. The van der Waals surface area contributed by atoms with E-state index < -0.39 is 0 Å². The van der Waals surface area contributed by atoms with Gasteiger partial charge in [-0.2, -0.15) is 0 Å². The van der Waals surface area contributed by atoms with E-state index in [1.54, 1.807) is 23.1 Å². The van der Waals surface area contributed by atoms with Gasteiger partial charge in [0.25, 0.3) is 0 Å². The number of hydrogen-bond acceptors (Lipinski definition) is 3. The highest BCUT2D eigenvalue weighted by Gasteiger charge is 2.35. The second kappa shape index (κ2) is 7.01. The van der Waals surface area contributed by atoms with Gasteiger partial charge in [0.15, 0.2) is 0 Å². The van der Waals surface area contributed by atoms with Crippen LogP contribution in [0, 0.1) is 5.92 Å². The zero-order valence-corrected chi connectivity index (χ0v) is 13.8. The van der Waals surface area contributed by atoms with Crippen molar-refractivity contribution in [3.63, 3.8) is 0 Å². The Bertz CT molecular complexity index is 577. The molecule has 0 aromatic heterocycles. The van der Waals surface area contributed by atoms with Crippen LogP contribution < -0.4 is 15.0 Å². The van der Waals surface area contributed by atoms with Gasteiger partial charge in [0.1, 0.15) is 5.75 Å². The minimum absolute atomic E-state index is 0.0643. The molecule has 6 heteroatoms. The predicted octanol–water partition coefficient (Wildman–Crippen LogP) is 2.62. The van der Waals surface area contributed by atoms with Crippen LogP contribution in [0.3, 0.4) is 0 Å². The molecule has 1 aromatic carbocycles. The first kappa shape index (κ1) is 16.6. The fourth-order valence-corrected chi connectivity index (χ4v) is 2.67. The summed E-state index contributed by atoms with van der Waals surface area (Å²) in [6.45, 7) is 4.34. The summed E-state index contributed by atoms with van der Waals surface area (Å²) in [5, 5.41) is 3.37. The molecule has 1 N–H and O–H groups in total. The maximum absolute atomic E-state index is 12.2. The van der Waals surface area contributed by atoms with E-state index >= 15 is 0 Å². The zero-order valence-electron chi connectivity index (χ0n) is 13.1. The van der Waals surface area contributed by atoms with Gasteiger partial charge in [0.05, 0.1) is 18.1 Å². The topological polar surface area (TPSA) is 58.6 Å². The van der Waals surface area contributed by atoms with Gasteiger partial charge in [0.2, 0.25) is 11.8 Å². The lowest BCUT2D eigenvalue weighted by Gasteiger charge is -2.18. The van der Waals surface area contributed by atoms with Gasteiger partial charge in [0, 0.05) is 24.7 Å². The molecule has 1 aliphatic rings. The third-order valence-electron chi connectivity index (χ3n) is 3.94. The smallest absolute Gasteiger partial charge is 0.227 e. The normalized spacial score (nSPS) is 19.2. The van der Waals surface area contributed by atoms with E-state index in [1.165, 1.54) is 7.11 Å². The summed E-state index contributed by atoms with van der Waals surface area (Å²) in [7, 11) is 1.54. The van der Waals surface area contributed by atoms with Crippen molar-refractivity contribution in [1.82, 2.24) is 5.32 Å². The van der Waals surface area contributed by atoms with Crippen molar-refractivity contribution in [2.75, 3.05) is 18.6 Å². The van der Waals surface area contributed by atoms with Crippen LogP contribution in [0.1, 0.15) is 26.7 Å². The van der Waals surface area contributed by atoms with Gasteiger partial charge in [-0.25, -0.2) is 0 Å². The molecule has 1 aliphatic heterocycles. The molecule has 0 aliphatic carbocycles. The van der Waals surface area contributed by atoms with Crippen molar-refractivity contribution in [3.8, 4) is 5.75 Å². The fourth-order valence-electron chi connectivity index (χ4n) is 2.42. The van der Waals surface area contributed by atoms with E-state index in [2.05, 4.69) is 5.32 Å². The number of carbonyl (C=O) groups excluding carboxylic acids is 2. The Hall–Kier alpha value is -1.75. The number of halogens is 1. The number of methoxy groups -OCH3 is 1. The number of amides is 2. The summed E-state index contributed by atoms with van der Waals surface area (Å²) in [5.41, 5.74) is 0.689. The summed E-state index contributed by atoms with van der Waals surface area (Å²) < 4.78 is 5.11. The molecule has 5 nitrogen and oxygen atoms in total. The molecule has 2 amide bonds. The molecule has 0 radical (unpaired) electrons. The van der Waals surface area contributed by atoms with Crippen LogP contribution in [-0.4, -0.2) is 31.5 Å². The lowest BCUT2D eigenvalue weighted by Crippen LogP contribution is -2.38. The third kappa shape index (κ3) is 3.53. The van der Waals surface area contributed by atoms with Crippen molar-refractivity contribution < 1.29 is 14.3 Å². The lowest BCUT2D eigenvalue weighted by atomic mass is 10.1. The molecule has 1 heterocycles. The van der Waals surface area contributed by atoms with Crippen molar-refractivity contribution in [1.29, 1.82) is 0 Å². The maximum Gasteiger partial charge on any atom is 0.227 e. The molecular weight excluding hydrogens is 304 g/mol. The molecule has 120 valence electrons. The minimum Gasteiger partial charge on any atom is -0.495 e. The molecule has 1 aromatic rings. The first-order valence-corrected chi connectivity index (χ1v) is 7.78. The SMILES string of the molecule is CCC(C)NC(=O)C1CC(=O)N(c2ccc(OC)c(Cl)c2)C1. The molecule has 0 saturated carbocycles. The van der Waals surface area contributed by atoms with Crippen molar-refractivity contribution in [2.24, 2.45) is 5.92 Å². The molecule has 2 unspecified atom stereocenters. The Balaban J connectivity index is 2.09. The van der Waals surface area contributed by atoms with E-state index in [0.717, 1.165) is 6.42 Å². The summed E-state index contributed by atoms with van der Waals surface area (Å²) >= 11 is 6.10. The molecule has 1 fully saturated rings. The maximum atomic E-state index is 12.2. The first-order chi connectivity index (χ1) is 10.5. The van der Waals surface area contributed by atoms with E-state index in [0.29, 0.717) is 23.0 Å². The van der Waals surface area contributed by atoms with Gasteiger partial charge in [-0.3, -0.25) is 9.59 Å². The quantitative estimate of drug-likeness (QED) is 0.905. The summed E-state index contributed by atoms with van der Waals surface area (Å²) in [5.74, 6) is 0.112. The monoisotopic (exact) mass is 324 g/mol. The van der Waals surface area contributed by atoms with Crippen molar-refractivity contribution in [3.05, 3.63) is 23.2 Å². The molecule has 2 atom stereocenters. The Morgan fingerprint density at radius 1 is 1.55 bits per heavy atom. The van der Waals surface area contributed by atoms with Crippen LogP contribution >= 0.6 is 11.6 Å². The summed E-state index contributed by atoms with van der Waals surface area (Å²) in [6.07, 6.45) is 1.09. The second-order valence-electron chi connectivity index (χ2n) is 5.54. The average Bonchev–Trinajstić information content (AvgIpc) is 2.89. The van der Waals surface area contributed by atoms with Gasteiger partial charge in [-0.1, -0.05) is 18.5 Å². The zero-order chi connectivity index (χ0) is 16.3. The van der Waals surface area contributed by atoms with Crippen LogP contribution in [0.15, 0.2) is 18.2 Å². The molecule has 0 spiro atoms. The molecular formula is C16H21ClN2O3. The number of nitrogens with zero attached hydrogens (tertiary/aromatic N) is 1. The van der Waals surface area contributed by atoms with E-state index in [1.807, 2.05) is 13.8 Å². The third-order valence-corrected chi connectivity index (χ3v) is 4.24. The van der Waals surface area contributed by atoms with Crippen molar-refractivity contribution >= 4 is 29.1 Å². The lowest BCUT2D eigenvalue weighted by molar-refractivity contribution is -0.126. The highest BCUT2D eigenvalue weighted by Crippen LogP contribution is 2.32. The van der Waals surface area contributed by atoms with Crippen LogP contribution in [-0.2, 0) is 9.59 Å². The molecule has 22 heavy (non-hydrogen) atoms. The Kier molecular flexibility index (Phi) is 5.29. The first-order valence-electron chi connectivity index (χ1n) is 7.40. The number of nitrogens with one attached hydrogen (secondary N) is 1. The van der Waals surface area contributed by atoms with Crippen LogP contribution in [0.25, 0.3) is 0 Å². The number of anilines is 1. The van der Waals surface area contributed by atoms with Crippen LogP contribution in [0.5, 0.6) is 5.75 Å². The van der Waals surface area contributed by atoms with E-state index in [9.17, 15) is 9.59 Å². The average molecular weight is 325 g/mol. The number of carbonyl (C=O) groups is 2. The van der Waals surface area contributed by atoms with E-state index in [4.69, 9.17) is 16.3 Å². The number of benzene rings is 1. The largest absolute Gasteiger partial charge is 0.495 e. The van der Waals surface area contributed by atoms with Gasteiger partial charge in [-0.15, -0.1) is 0 Å². The molecule has 1 saturated heterocycles. The fraction of sp³-hybridized carbons (Fsp3) is 0.500. The number of ether oxygens (including phenoxy) is 1. The molecule has 2 rings (SSSR count). The van der Waals surface area contributed by atoms with Gasteiger partial charge >= 0.3 is 0 Å². The summed E-state index contributed by atoms with van der Waals surface area (Å²) in [6, 6.07) is 5.30. The number of hydrogen-bond donors (Lipinski definition) is 1. The Morgan fingerprint density at radius 3 is 2.86 bits per heavy atom. The van der Waals surface area contributed by atoms with E-state index in [-0.39, 0.29) is 30.2 Å². The van der Waals surface area contributed by atoms with Crippen LogP contribution in [0.4, 0.5) is 5.69 Å². The number of rotatable bonds is 5. The highest BCUT2D eigenvalue weighted by atomic mass is 35.5. The molecule has 0 bridgehead atoms. The Morgan fingerprint density at radius 2 is 2.27 bits per heavy atom. The van der Waals surface area contributed by atoms with Gasteiger partial charge in [-0.05, 0) is 31.5 Å². The van der Waals surface area contributed by atoms with Crippen LogP contribution in [0.2, 0.25) is 5.02 Å². The standard InChI is InChI=1S/C16H21ClN2O3/c1-4-10(2)18-16(21)11-7-15(20)19(9-11)12-5-6-14(22-3)13(17)8-12/h5-6,8,10-11H,4,7,9H2,1-3H3,(H,18,21). The Labute approximate surface area is 135 Å². The minimum atomic E-state index is -0.317. The highest BCUT2D eigenvalue weighted by molar-refractivity contribution is 6.32. The second-order valence-corrected chi connectivity index (χ2v) is 5.95. The predicted molar refractivity (Wildman–Crippen MR) is 86.4 cm³/mol. The van der Waals surface area contributed by atoms with Gasteiger partial charge < -0.3 is 15.0 Å².